The third-order valence-electron chi connectivity index (χ3n) is 5.04. The number of halogens is 4. The zero-order chi connectivity index (χ0) is 24.6. The quantitative estimate of drug-likeness (QED) is 0.282. The summed E-state index contributed by atoms with van der Waals surface area (Å²) in [7, 11) is 0. The van der Waals surface area contributed by atoms with Crippen LogP contribution in [0, 0.1) is 6.92 Å². The van der Waals surface area contributed by atoms with Crippen LogP contribution in [0.15, 0.2) is 63.8 Å². The lowest BCUT2D eigenvalue weighted by Crippen LogP contribution is -2.31. The lowest BCUT2D eigenvalue weighted by atomic mass is 10.1. The highest BCUT2D eigenvalue weighted by Gasteiger charge is 2.24. The van der Waals surface area contributed by atoms with Crippen LogP contribution in [-0.2, 0) is 4.79 Å². The SMILES string of the molecule is Cc1cc2oc(-c3ccccc3Cl)c(OC(C)C(=O)Nc3cc(Cl)cc(Cl)c3)c(=O)c2cc1Cl. The predicted molar refractivity (Wildman–Crippen MR) is 138 cm³/mol. The van der Waals surface area contributed by atoms with E-state index in [0.717, 1.165) is 5.56 Å². The standard InChI is InChI=1S/C25H17Cl4NO4/c1-12-7-21-18(11-20(12)29)22(31)24(23(34-21)17-5-3-4-6-19(17)28)33-13(2)25(32)30-16-9-14(26)8-15(27)10-16/h3-11,13H,1-2H3,(H,30,32). The molecular formula is C25H17Cl4NO4. The summed E-state index contributed by atoms with van der Waals surface area (Å²) in [5.74, 6) is -0.576. The lowest BCUT2D eigenvalue weighted by Gasteiger charge is -2.18. The second-order valence-corrected chi connectivity index (χ2v) is 9.26. The molecule has 1 aromatic heterocycles. The molecule has 1 N–H and O–H groups in total. The fraction of sp³-hybridized carbons (Fsp3) is 0.120. The number of hydrogen-bond acceptors (Lipinski definition) is 4. The first-order chi connectivity index (χ1) is 16.1. The van der Waals surface area contributed by atoms with Crippen molar-refractivity contribution in [2.45, 2.75) is 20.0 Å². The van der Waals surface area contributed by atoms with Gasteiger partial charge in [0, 0.05) is 26.3 Å². The first kappa shape index (κ1) is 24.4. The third-order valence-corrected chi connectivity index (χ3v) is 6.22. The molecule has 174 valence electrons. The Labute approximate surface area is 215 Å². The van der Waals surface area contributed by atoms with Crippen molar-refractivity contribution in [3.63, 3.8) is 0 Å². The summed E-state index contributed by atoms with van der Waals surface area (Å²) in [6.07, 6.45) is -1.08. The van der Waals surface area contributed by atoms with Gasteiger partial charge in [-0.2, -0.15) is 0 Å². The first-order valence-electron chi connectivity index (χ1n) is 10.1. The van der Waals surface area contributed by atoms with E-state index < -0.39 is 17.4 Å². The molecule has 0 fully saturated rings. The van der Waals surface area contributed by atoms with Crippen LogP contribution in [-0.4, -0.2) is 12.0 Å². The van der Waals surface area contributed by atoms with Crippen LogP contribution >= 0.6 is 46.4 Å². The van der Waals surface area contributed by atoms with E-state index in [-0.39, 0.29) is 16.9 Å². The molecule has 34 heavy (non-hydrogen) atoms. The number of carbonyl (C=O) groups excluding carboxylic acids is 1. The van der Waals surface area contributed by atoms with Crippen molar-refractivity contribution in [1.29, 1.82) is 0 Å². The van der Waals surface area contributed by atoms with E-state index >= 15 is 0 Å². The fourth-order valence-corrected chi connectivity index (χ4v) is 4.24. The Kier molecular flexibility index (Phi) is 7.10. The van der Waals surface area contributed by atoms with Crippen LogP contribution in [0.3, 0.4) is 0 Å². The molecule has 0 spiro atoms. The maximum Gasteiger partial charge on any atom is 0.265 e. The second kappa shape index (κ2) is 9.88. The number of nitrogens with one attached hydrogen (secondary N) is 1. The van der Waals surface area contributed by atoms with Gasteiger partial charge >= 0.3 is 0 Å². The Hall–Kier alpha value is -2.70. The van der Waals surface area contributed by atoms with Gasteiger partial charge in [-0.3, -0.25) is 9.59 Å². The van der Waals surface area contributed by atoms with Crippen LogP contribution < -0.4 is 15.5 Å². The van der Waals surface area contributed by atoms with Gasteiger partial charge in [0.2, 0.25) is 11.2 Å². The molecule has 0 aliphatic rings. The van der Waals surface area contributed by atoms with Crippen molar-refractivity contribution >= 4 is 69.0 Å². The van der Waals surface area contributed by atoms with Crippen LogP contribution in [0.4, 0.5) is 5.69 Å². The van der Waals surface area contributed by atoms with E-state index in [1.54, 1.807) is 55.5 Å². The van der Waals surface area contributed by atoms with Crippen LogP contribution in [0.2, 0.25) is 20.1 Å². The molecular weight excluding hydrogens is 520 g/mol. The predicted octanol–water partition coefficient (Wildman–Crippen LogP) is 7.79. The number of anilines is 1. The largest absolute Gasteiger partial charge is 0.473 e. The minimum atomic E-state index is -1.08. The molecule has 1 atom stereocenters. The number of amides is 1. The average Bonchev–Trinajstić information content (AvgIpc) is 2.76. The van der Waals surface area contributed by atoms with E-state index in [9.17, 15) is 9.59 Å². The maximum absolute atomic E-state index is 13.4. The van der Waals surface area contributed by atoms with Crippen molar-refractivity contribution in [2.75, 3.05) is 5.32 Å². The second-order valence-electron chi connectivity index (χ2n) is 7.57. The van der Waals surface area contributed by atoms with Crippen LogP contribution in [0.5, 0.6) is 5.75 Å². The molecule has 0 saturated carbocycles. The molecule has 0 bridgehead atoms. The summed E-state index contributed by atoms with van der Waals surface area (Å²) in [4.78, 5) is 26.3. The number of rotatable bonds is 5. The normalized spacial score (nSPS) is 11.9. The summed E-state index contributed by atoms with van der Waals surface area (Å²) in [5, 5.41) is 4.37. The molecule has 9 heteroatoms. The number of aryl methyl sites for hydroxylation is 1. The minimum Gasteiger partial charge on any atom is -0.473 e. The Balaban J connectivity index is 1.78. The highest BCUT2D eigenvalue weighted by Crippen LogP contribution is 2.36. The van der Waals surface area contributed by atoms with E-state index in [2.05, 4.69) is 5.32 Å². The smallest absolute Gasteiger partial charge is 0.265 e. The van der Waals surface area contributed by atoms with Gasteiger partial charge in [0.1, 0.15) is 5.58 Å². The van der Waals surface area contributed by atoms with Crippen molar-refractivity contribution in [1.82, 2.24) is 0 Å². The average molecular weight is 537 g/mol. The number of hydrogen-bond donors (Lipinski definition) is 1. The fourth-order valence-electron chi connectivity index (χ4n) is 3.33. The number of fused-ring (bicyclic) bond motifs is 1. The molecule has 3 aromatic carbocycles. The minimum absolute atomic E-state index is 0.107. The topological polar surface area (TPSA) is 68.5 Å². The number of carbonyl (C=O) groups is 1. The molecule has 0 aliphatic heterocycles. The molecule has 0 aliphatic carbocycles. The monoisotopic (exact) mass is 535 g/mol. The number of ether oxygens (including phenoxy) is 1. The Morgan fingerprint density at radius 2 is 1.65 bits per heavy atom. The zero-order valence-electron chi connectivity index (χ0n) is 17.9. The number of benzene rings is 3. The van der Waals surface area contributed by atoms with E-state index in [0.29, 0.717) is 36.9 Å². The highest BCUT2D eigenvalue weighted by atomic mass is 35.5. The van der Waals surface area contributed by atoms with Crippen molar-refractivity contribution in [3.05, 3.63) is 90.5 Å². The van der Waals surface area contributed by atoms with Gasteiger partial charge in [-0.1, -0.05) is 58.5 Å². The van der Waals surface area contributed by atoms with Gasteiger partial charge in [0.05, 0.1) is 10.4 Å². The Morgan fingerprint density at radius 3 is 2.32 bits per heavy atom. The van der Waals surface area contributed by atoms with Gasteiger partial charge in [0.25, 0.3) is 5.91 Å². The summed E-state index contributed by atoms with van der Waals surface area (Å²) in [6.45, 7) is 3.31. The van der Waals surface area contributed by atoms with Gasteiger partial charge in [0.15, 0.2) is 11.9 Å². The summed E-state index contributed by atoms with van der Waals surface area (Å²) >= 11 is 24.6. The molecule has 1 unspecified atom stereocenters. The molecule has 4 rings (SSSR count). The van der Waals surface area contributed by atoms with Gasteiger partial charge in [-0.15, -0.1) is 0 Å². The first-order valence-corrected chi connectivity index (χ1v) is 11.6. The molecule has 5 nitrogen and oxygen atoms in total. The van der Waals surface area contributed by atoms with Gasteiger partial charge < -0.3 is 14.5 Å². The van der Waals surface area contributed by atoms with E-state index in [4.69, 9.17) is 55.6 Å². The molecule has 1 heterocycles. The molecule has 0 saturated heterocycles. The maximum atomic E-state index is 13.4. The lowest BCUT2D eigenvalue weighted by molar-refractivity contribution is -0.122. The zero-order valence-corrected chi connectivity index (χ0v) is 20.9. The Bertz CT molecular complexity index is 1460. The van der Waals surface area contributed by atoms with Crippen molar-refractivity contribution < 1.29 is 13.9 Å². The summed E-state index contributed by atoms with van der Waals surface area (Å²) < 4.78 is 11.9. The van der Waals surface area contributed by atoms with Crippen molar-refractivity contribution in [3.8, 4) is 17.1 Å². The molecule has 4 aromatic rings. The molecule has 1 amide bonds. The summed E-state index contributed by atoms with van der Waals surface area (Å²) in [5.41, 5.74) is 1.41. The van der Waals surface area contributed by atoms with Gasteiger partial charge in [-0.05, 0) is 61.9 Å². The summed E-state index contributed by atoms with van der Waals surface area (Å²) in [6, 6.07) is 14.7. The van der Waals surface area contributed by atoms with Crippen LogP contribution in [0.25, 0.3) is 22.3 Å². The third kappa shape index (κ3) is 5.03. The van der Waals surface area contributed by atoms with Crippen LogP contribution in [0.1, 0.15) is 12.5 Å². The van der Waals surface area contributed by atoms with Gasteiger partial charge in [-0.25, -0.2) is 0 Å². The Morgan fingerprint density at radius 1 is 0.971 bits per heavy atom. The molecule has 0 radical (unpaired) electrons. The van der Waals surface area contributed by atoms with E-state index in [1.807, 2.05) is 0 Å². The van der Waals surface area contributed by atoms with E-state index in [1.165, 1.54) is 13.0 Å². The highest BCUT2D eigenvalue weighted by molar-refractivity contribution is 6.35. The van der Waals surface area contributed by atoms with Crippen molar-refractivity contribution in [2.24, 2.45) is 0 Å².